The molecule has 1 aromatic carbocycles. The molecule has 0 aliphatic carbocycles. The number of aryl methyl sites for hydroxylation is 1. The van der Waals surface area contributed by atoms with Crippen molar-refractivity contribution in [3.63, 3.8) is 0 Å². The van der Waals surface area contributed by atoms with Crippen molar-refractivity contribution in [3.8, 4) is 5.88 Å². The number of aromatic nitrogens is 2. The first-order valence-corrected chi connectivity index (χ1v) is 10.8. The molecular formula is C19H24N4O5S. The zero-order chi connectivity index (χ0) is 20.9. The minimum absolute atomic E-state index is 0.0761. The van der Waals surface area contributed by atoms with E-state index in [1.165, 1.54) is 31.2 Å². The van der Waals surface area contributed by atoms with E-state index in [1.807, 2.05) is 0 Å². The molecule has 2 heterocycles. The van der Waals surface area contributed by atoms with Gasteiger partial charge in [-0.1, -0.05) is 12.1 Å². The molecule has 1 aromatic heterocycles. The highest BCUT2D eigenvalue weighted by Crippen LogP contribution is 2.18. The number of nitrogens with zero attached hydrogens (tertiary/aromatic N) is 3. The molecule has 29 heavy (non-hydrogen) atoms. The molecule has 1 aliphatic rings. The van der Waals surface area contributed by atoms with Crippen LogP contribution in [-0.2, 0) is 14.8 Å². The van der Waals surface area contributed by atoms with Gasteiger partial charge >= 0.3 is 0 Å². The molecule has 0 bridgehead atoms. The number of benzene rings is 1. The molecule has 10 heteroatoms. The van der Waals surface area contributed by atoms with Gasteiger partial charge in [0.25, 0.3) is 0 Å². The molecule has 0 spiro atoms. The van der Waals surface area contributed by atoms with Crippen LogP contribution in [0.15, 0.2) is 35.2 Å². The first-order chi connectivity index (χ1) is 13.8. The number of hydrogen-bond acceptors (Lipinski definition) is 8. The SMILES string of the molecule is CC(=O)c1ccc(S(=O)(=O)NCCOc2cc(N3CCOCC3)nc(C)n2)cc1. The molecule has 3 rings (SSSR count). The summed E-state index contributed by atoms with van der Waals surface area (Å²) in [6, 6.07) is 7.53. The van der Waals surface area contributed by atoms with E-state index in [0.29, 0.717) is 30.5 Å². The van der Waals surface area contributed by atoms with Crippen molar-refractivity contribution in [2.45, 2.75) is 18.7 Å². The van der Waals surface area contributed by atoms with Gasteiger partial charge < -0.3 is 14.4 Å². The standard InChI is InChI=1S/C19H24N4O5S/c1-14(24)16-3-5-17(6-4-16)29(25,26)20-7-10-28-19-13-18(21-15(2)22-19)23-8-11-27-12-9-23/h3-6,13,20H,7-12H2,1-2H3. The third-order valence-corrected chi connectivity index (χ3v) is 5.83. The first-order valence-electron chi connectivity index (χ1n) is 9.27. The molecule has 2 aromatic rings. The lowest BCUT2D eigenvalue weighted by Crippen LogP contribution is -2.37. The molecule has 1 aliphatic heterocycles. The van der Waals surface area contributed by atoms with Crippen LogP contribution in [0.25, 0.3) is 0 Å². The maximum absolute atomic E-state index is 12.3. The Labute approximate surface area is 170 Å². The Kier molecular flexibility index (Phi) is 6.78. The summed E-state index contributed by atoms with van der Waals surface area (Å²) in [5, 5.41) is 0. The van der Waals surface area contributed by atoms with E-state index >= 15 is 0 Å². The number of nitrogens with one attached hydrogen (secondary N) is 1. The number of hydrogen-bond donors (Lipinski definition) is 1. The quantitative estimate of drug-likeness (QED) is 0.501. The van der Waals surface area contributed by atoms with Crippen LogP contribution in [0.4, 0.5) is 5.82 Å². The Balaban J connectivity index is 1.55. The van der Waals surface area contributed by atoms with E-state index in [9.17, 15) is 13.2 Å². The van der Waals surface area contributed by atoms with E-state index in [2.05, 4.69) is 19.6 Å². The number of morpholine rings is 1. The van der Waals surface area contributed by atoms with Crippen molar-refractivity contribution in [2.75, 3.05) is 44.4 Å². The molecule has 156 valence electrons. The summed E-state index contributed by atoms with van der Waals surface area (Å²) >= 11 is 0. The van der Waals surface area contributed by atoms with Gasteiger partial charge in [-0.2, -0.15) is 4.98 Å². The Morgan fingerprint density at radius 3 is 2.55 bits per heavy atom. The maximum atomic E-state index is 12.3. The van der Waals surface area contributed by atoms with Crippen molar-refractivity contribution in [2.24, 2.45) is 0 Å². The van der Waals surface area contributed by atoms with Crippen molar-refractivity contribution >= 4 is 21.6 Å². The molecule has 0 atom stereocenters. The zero-order valence-electron chi connectivity index (χ0n) is 16.4. The third-order valence-electron chi connectivity index (χ3n) is 4.35. The van der Waals surface area contributed by atoms with Crippen LogP contribution in [0.1, 0.15) is 23.1 Å². The second-order valence-electron chi connectivity index (χ2n) is 6.54. The number of carbonyl (C=O) groups excluding carboxylic acids is 1. The number of Topliss-reactive ketones (excluding diaryl/α,β-unsaturated/α-hetero) is 1. The van der Waals surface area contributed by atoms with Gasteiger partial charge in [0.05, 0.1) is 18.1 Å². The molecule has 0 unspecified atom stereocenters. The van der Waals surface area contributed by atoms with Crippen LogP contribution in [0.5, 0.6) is 5.88 Å². The van der Waals surface area contributed by atoms with Gasteiger partial charge in [0.2, 0.25) is 15.9 Å². The topological polar surface area (TPSA) is 111 Å². The first kappa shape index (κ1) is 21.2. The number of rotatable bonds is 8. The van der Waals surface area contributed by atoms with Gasteiger partial charge in [0.1, 0.15) is 18.2 Å². The Bertz CT molecular complexity index is 957. The van der Waals surface area contributed by atoms with E-state index in [-0.39, 0.29) is 23.8 Å². The van der Waals surface area contributed by atoms with Gasteiger partial charge in [-0.15, -0.1) is 0 Å². The summed E-state index contributed by atoms with van der Waals surface area (Å²) < 4.78 is 38.1. The Hall–Kier alpha value is -2.56. The summed E-state index contributed by atoms with van der Waals surface area (Å²) in [5.41, 5.74) is 0.461. The summed E-state index contributed by atoms with van der Waals surface area (Å²) in [7, 11) is -3.69. The zero-order valence-corrected chi connectivity index (χ0v) is 17.2. The lowest BCUT2D eigenvalue weighted by atomic mass is 10.2. The second-order valence-corrected chi connectivity index (χ2v) is 8.30. The highest BCUT2D eigenvalue weighted by molar-refractivity contribution is 7.89. The minimum atomic E-state index is -3.69. The van der Waals surface area contributed by atoms with Gasteiger partial charge in [-0.25, -0.2) is 18.1 Å². The fraction of sp³-hybridized carbons (Fsp3) is 0.421. The molecule has 1 fully saturated rings. The van der Waals surface area contributed by atoms with E-state index in [4.69, 9.17) is 9.47 Å². The molecule has 1 N–H and O–H groups in total. The average Bonchev–Trinajstić information content (AvgIpc) is 2.71. The van der Waals surface area contributed by atoms with E-state index < -0.39 is 10.0 Å². The lowest BCUT2D eigenvalue weighted by molar-refractivity contribution is 0.101. The van der Waals surface area contributed by atoms with Crippen LogP contribution in [0.2, 0.25) is 0 Å². The molecular weight excluding hydrogens is 396 g/mol. The average molecular weight is 420 g/mol. The third kappa shape index (κ3) is 5.72. The molecule has 0 saturated carbocycles. The highest BCUT2D eigenvalue weighted by atomic mass is 32.2. The number of ether oxygens (including phenoxy) is 2. The Morgan fingerprint density at radius 2 is 1.90 bits per heavy atom. The van der Waals surface area contributed by atoms with Crippen LogP contribution >= 0.6 is 0 Å². The minimum Gasteiger partial charge on any atom is -0.476 e. The van der Waals surface area contributed by atoms with Gasteiger partial charge in [0, 0.05) is 31.3 Å². The summed E-state index contributed by atoms with van der Waals surface area (Å²) in [5.74, 6) is 1.62. The normalized spacial score (nSPS) is 14.6. The molecule has 0 amide bonds. The van der Waals surface area contributed by atoms with Crippen molar-refractivity contribution in [1.29, 1.82) is 0 Å². The van der Waals surface area contributed by atoms with Gasteiger partial charge in [-0.3, -0.25) is 4.79 Å². The molecule has 9 nitrogen and oxygen atoms in total. The van der Waals surface area contributed by atoms with Crippen LogP contribution in [0.3, 0.4) is 0 Å². The molecule has 0 radical (unpaired) electrons. The van der Waals surface area contributed by atoms with Crippen LogP contribution in [-0.4, -0.2) is 63.6 Å². The van der Waals surface area contributed by atoms with Crippen molar-refractivity contribution in [3.05, 3.63) is 41.7 Å². The van der Waals surface area contributed by atoms with E-state index in [1.54, 1.807) is 13.0 Å². The monoisotopic (exact) mass is 420 g/mol. The predicted octanol–water partition coefficient (Wildman–Crippen LogP) is 1.18. The lowest BCUT2D eigenvalue weighted by Gasteiger charge is -2.28. The maximum Gasteiger partial charge on any atom is 0.240 e. The summed E-state index contributed by atoms with van der Waals surface area (Å²) in [6.45, 7) is 6.19. The smallest absolute Gasteiger partial charge is 0.240 e. The van der Waals surface area contributed by atoms with Crippen molar-refractivity contribution < 1.29 is 22.7 Å². The van der Waals surface area contributed by atoms with Gasteiger partial charge in [0.15, 0.2) is 5.78 Å². The highest BCUT2D eigenvalue weighted by Gasteiger charge is 2.16. The predicted molar refractivity (Wildman–Crippen MR) is 107 cm³/mol. The van der Waals surface area contributed by atoms with Crippen LogP contribution < -0.4 is 14.4 Å². The number of ketones is 1. The largest absolute Gasteiger partial charge is 0.476 e. The molecule has 1 saturated heterocycles. The number of anilines is 1. The second kappa shape index (κ2) is 9.29. The fourth-order valence-corrected chi connectivity index (χ4v) is 3.85. The van der Waals surface area contributed by atoms with E-state index in [0.717, 1.165) is 18.9 Å². The number of sulfonamides is 1. The summed E-state index contributed by atoms with van der Waals surface area (Å²) in [4.78, 5) is 22.2. The van der Waals surface area contributed by atoms with Crippen molar-refractivity contribution in [1.82, 2.24) is 14.7 Å². The van der Waals surface area contributed by atoms with Gasteiger partial charge in [-0.05, 0) is 26.0 Å². The Morgan fingerprint density at radius 1 is 1.21 bits per heavy atom. The fourth-order valence-electron chi connectivity index (χ4n) is 2.84. The van der Waals surface area contributed by atoms with Crippen LogP contribution in [0, 0.1) is 6.92 Å². The number of carbonyl (C=O) groups is 1. The summed E-state index contributed by atoms with van der Waals surface area (Å²) in [6.07, 6.45) is 0.